The number of likely N-dealkylation sites (tertiary alicyclic amines) is 1. The van der Waals surface area contributed by atoms with Gasteiger partial charge in [-0.3, -0.25) is 10.1 Å². The molecule has 43 heavy (non-hydrogen) atoms. The standard InChI is InChI=1S/C31H30N8O4/c1-19-14-20(15-23-17-33-36-27(19)23)16-26(29-35-28(37-43-29)21-6-10-32-11-7-21)42-31(41)38-12-8-24(9-13-38)39-18-22-4-2-3-5-25(22)34-30(39)40/h2-7,10-11,14-15,17,24,26H,8-9,12-13,16,18H2,1H3,(H,33,36)(H,34,40). The van der Waals surface area contributed by atoms with Gasteiger partial charge in [-0.05, 0) is 60.7 Å². The van der Waals surface area contributed by atoms with Crippen LogP contribution in [0, 0.1) is 6.92 Å². The second-order valence-corrected chi connectivity index (χ2v) is 10.9. The Morgan fingerprint density at radius 3 is 2.79 bits per heavy atom. The summed E-state index contributed by atoms with van der Waals surface area (Å²) in [5.41, 5.74) is 5.63. The van der Waals surface area contributed by atoms with Crippen LogP contribution in [0.2, 0.25) is 0 Å². The third-order valence-electron chi connectivity index (χ3n) is 8.15. The lowest BCUT2D eigenvalue weighted by Gasteiger charge is -2.40. The van der Waals surface area contributed by atoms with Crippen LogP contribution in [0.15, 0.2) is 71.6 Å². The van der Waals surface area contributed by atoms with Gasteiger partial charge in [-0.15, -0.1) is 0 Å². The molecule has 0 saturated carbocycles. The molecule has 5 heterocycles. The van der Waals surface area contributed by atoms with Crippen molar-refractivity contribution in [2.24, 2.45) is 0 Å². The van der Waals surface area contributed by atoms with E-state index in [2.05, 4.69) is 30.6 Å². The summed E-state index contributed by atoms with van der Waals surface area (Å²) in [6.07, 6.45) is 5.46. The van der Waals surface area contributed by atoms with Gasteiger partial charge in [-0.25, -0.2) is 9.59 Å². The van der Waals surface area contributed by atoms with Gasteiger partial charge in [0.1, 0.15) is 0 Å². The average Bonchev–Trinajstić information content (AvgIpc) is 3.72. The lowest BCUT2D eigenvalue weighted by atomic mass is 10.0. The van der Waals surface area contributed by atoms with Gasteiger partial charge in [0.15, 0.2) is 6.10 Å². The summed E-state index contributed by atoms with van der Waals surface area (Å²) in [6.45, 7) is 3.49. The molecule has 1 saturated heterocycles. The summed E-state index contributed by atoms with van der Waals surface area (Å²) >= 11 is 0. The van der Waals surface area contributed by atoms with Gasteiger partial charge < -0.3 is 24.4 Å². The second kappa shape index (κ2) is 11.2. The van der Waals surface area contributed by atoms with E-state index in [1.165, 1.54) is 0 Å². The first-order valence-electron chi connectivity index (χ1n) is 14.3. The Kier molecular flexibility index (Phi) is 6.93. The Hall–Kier alpha value is -5.26. The van der Waals surface area contributed by atoms with E-state index in [-0.39, 0.29) is 18.0 Å². The molecule has 2 aliphatic heterocycles. The van der Waals surface area contributed by atoms with Gasteiger partial charge in [-0.1, -0.05) is 29.4 Å². The molecule has 0 spiro atoms. The van der Waals surface area contributed by atoms with Crippen LogP contribution in [-0.4, -0.2) is 66.4 Å². The van der Waals surface area contributed by atoms with Gasteiger partial charge >= 0.3 is 12.1 Å². The van der Waals surface area contributed by atoms with Gasteiger partial charge in [0, 0.05) is 61.1 Å². The number of ether oxygens (including phenoxy) is 1. The molecule has 218 valence electrons. The lowest BCUT2D eigenvalue weighted by Crippen LogP contribution is -2.51. The smallest absolute Gasteiger partial charge is 0.410 e. The maximum Gasteiger partial charge on any atom is 0.410 e. The number of hydrogen-bond acceptors (Lipinski definition) is 8. The molecule has 1 fully saturated rings. The number of pyridine rings is 1. The summed E-state index contributed by atoms with van der Waals surface area (Å²) in [5.74, 6) is 0.603. The average molecular weight is 579 g/mol. The topological polar surface area (TPSA) is 142 Å². The number of fused-ring (bicyclic) bond motifs is 2. The van der Waals surface area contributed by atoms with Crippen LogP contribution < -0.4 is 5.32 Å². The zero-order chi connectivity index (χ0) is 29.3. The normalized spacial score (nSPS) is 16.2. The van der Waals surface area contributed by atoms with Crippen molar-refractivity contribution in [3.05, 3.63) is 89.7 Å². The van der Waals surface area contributed by atoms with Crippen LogP contribution in [0.4, 0.5) is 15.3 Å². The minimum absolute atomic E-state index is 0.0247. The lowest BCUT2D eigenvalue weighted by molar-refractivity contribution is 0.0358. The van der Waals surface area contributed by atoms with E-state index < -0.39 is 12.2 Å². The number of amides is 3. The number of aromatic nitrogens is 5. The van der Waals surface area contributed by atoms with Crippen molar-refractivity contribution in [1.29, 1.82) is 0 Å². The highest BCUT2D eigenvalue weighted by Crippen LogP contribution is 2.30. The van der Waals surface area contributed by atoms with Gasteiger partial charge in [0.25, 0.3) is 5.89 Å². The van der Waals surface area contributed by atoms with E-state index >= 15 is 0 Å². The number of aromatic amines is 1. The van der Waals surface area contributed by atoms with Crippen LogP contribution in [0.3, 0.4) is 0 Å². The molecule has 1 unspecified atom stereocenters. The SMILES string of the molecule is Cc1cc(CC(OC(=O)N2CCC(N3Cc4ccccc4NC3=O)CC2)c2nc(-c3ccncc3)no2)cc2cn[nH]c12. The molecule has 1 atom stereocenters. The van der Waals surface area contributed by atoms with Crippen LogP contribution in [0.25, 0.3) is 22.3 Å². The second-order valence-electron chi connectivity index (χ2n) is 10.9. The fourth-order valence-electron chi connectivity index (χ4n) is 5.88. The van der Waals surface area contributed by atoms with E-state index in [1.54, 1.807) is 35.6 Å². The molecule has 12 nitrogen and oxygen atoms in total. The van der Waals surface area contributed by atoms with Crippen molar-refractivity contribution in [2.45, 2.75) is 44.9 Å². The Bertz CT molecular complexity index is 1780. The van der Waals surface area contributed by atoms with Crippen molar-refractivity contribution in [2.75, 3.05) is 18.4 Å². The van der Waals surface area contributed by atoms with Crippen LogP contribution in [0.1, 0.15) is 41.5 Å². The highest BCUT2D eigenvalue weighted by atomic mass is 16.6. The fraction of sp³-hybridized carbons (Fsp3) is 0.290. The van der Waals surface area contributed by atoms with Crippen molar-refractivity contribution in [1.82, 2.24) is 35.1 Å². The summed E-state index contributed by atoms with van der Waals surface area (Å²) in [6, 6.07) is 15.4. The zero-order valence-corrected chi connectivity index (χ0v) is 23.6. The molecule has 2 N–H and O–H groups in total. The fourth-order valence-corrected chi connectivity index (χ4v) is 5.88. The maximum atomic E-state index is 13.5. The maximum absolute atomic E-state index is 13.5. The molecule has 3 amide bonds. The molecule has 3 aromatic heterocycles. The van der Waals surface area contributed by atoms with Crippen LogP contribution >= 0.6 is 0 Å². The number of anilines is 1. The number of hydrogen-bond donors (Lipinski definition) is 2. The van der Waals surface area contributed by atoms with E-state index in [0.29, 0.717) is 44.7 Å². The number of carbonyl (C=O) groups excluding carboxylic acids is 2. The number of aryl methyl sites for hydroxylation is 1. The number of carbonyl (C=O) groups is 2. The molecule has 2 aromatic carbocycles. The van der Waals surface area contributed by atoms with E-state index in [9.17, 15) is 9.59 Å². The number of piperidine rings is 1. The Morgan fingerprint density at radius 2 is 1.95 bits per heavy atom. The highest BCUT2D eigenvalue weighted by Gasteiger charge is 2.34. The van der Waals surface area contributed by atoms with E-state index in [4.69, 9.17) is 9.26 Å². The summed E-state index contributed by atoms with van der Waals surface area (Å²) in [4.78, 5) is 38.5. The van der Waals surface area contributed by atoms with Crippen LogP contribution in [-0.2, 0) is 17.7 Å². The first-order chi connectivity index (χ1) is 21.0. The number of nitrogens with one attached hydrogen (secondary N) is 2. The molecule has 0 aliphatic carbocycles. The number of rotatable bonds is 6. The predicted octanol–water partition coefficient (Wildman–Crippen LogP) is 5.25. The number of urea groups is 1. The molecule has 5 aromatic rings. The third-order valence-corrected chi connectivity index (χ3v) is 8.15. The molecule has 2 aliphatic rings. The number of H-pyrrole nitrogens is 1. The van der Waals surface area contributed by atoms with E-state index in [1.807, 2.05) is 48.2 Å². The van der Waals surface area contributed by atoms with E-state index in [0.717, 1.165) is 38.8 Å². The Balaban J connectivity index is 1.07. The summed E-state index contributed by atoms with van der Waals surface area (Å²) in [7, 11) is 0. The third kappa shape index (κ3) is 5.39. The number of nitrogens with zero attached hydrogens (tertiary/aromatic N) is 6. The van der Waals surface area contributed by atoms with Crippen molar-refractivity contribution in [3.63, 3.8) is 0 Å². The van der Waals surface area contributed by atoms with Gasteiger partial charge in [0.2, 0.25) is 5.82 Å². The monoisotopic (exact) mass is 578 g/mol. The Labute approximate surface area is 247 Å². The molecular weight excluding hydrogens is 548 g/mol. The first kappa shape index (κ1) is 26.6. The molecule has 0 radical (unpaired) electrons. The summed E-state index contributed by atoms with van der Waals surface area (Å²) < 4.78 is 11.7. The predicted molar refractivity (Wildman–Crippen MR) is 157 cm³/mol. The summed E-state index contributed by atoms with van der Waals surface area (Å²) in [5, 5.41) is 15.3. The molecule has 12 heteroatoms. The van der Waals surface area contributed by atoms with Crippen molar-refractivity contribution in [3.8, 4) is 11.4 Å². The number of benzene rings is 2. The van der Waals surface area contributed by atoms with Crippen LogP contribution in [0.5, 0.6) is 0 Å². The van der Waals surface area contributed by atoms with Gasteiger partial charge in [0.05, 0.1) is 11.7 Å². The molecular formula is C31H30N8O4. The number of para-hydroxylation sites is 1. The Morgan fingerprint density at radius 1 is 1.14 bits per heavy atom. The minimum Gasteiger partial charge on any atom is -0.436 e. The minimum atomic E-state index is -0.804. The zero-order valence-electron chi connectivity index (χ0n) is 23.6. The quantitative estimate of drug-likeness (QED) is 0.278. The first-order valence-corrected chi connectivity index (χ1v) is 14.3. The largest absolute Gasteiger partial charge is 0.436 e. The molecule has 0 bridgehead atoms. The van der Waals surface area contributed by atoms with Crippen molar-refractivity contribution < 1.29 is 18.8 Å². The van der Waals surface area contributed by atoms with Gasteiger partial charge in [-0.2, -0.15) is 10.1 Å². The van der Waals surface area contributed by atoms with Crippen molar-refractivity contribution >= 4 is 28.7 Å². The molecule has 7 rings (SSSR count). The highest BCUT2D eigenvalue weighted by molar-refractivity contribution is 5.92.